The van der Waals surface area contributed by atoms with Crippen molar-refractivity contribution in [3.05, 3.63) is 12.3 Å². The molecule has 1 amide bonds. The van der Waals surface area contributed by atoms with Gasteiger partial charge in [-0.2, -0.15) is 14.6 Å². The Bertz CT molecular complexity index is 772. The van der Waals surface area contributed by atoms with Crippen LogP contribution in [0.2, 0.25) is 0 Å². The van der Waals surface area contributed by atoms with E-state index in [0.29, 0.717) is 24.8 Å². The summed E-state index contributed by atoms with van der Waals surface area (Å²) < 4.78 is 7.23. The third-order valence-electron chi connectivity index (χ3n) is 3.94. The zero-order valence-electron chi connectivity index (χ0n) is 15.3. The highest BCUT2D eigenvalue weighted by atomic mass is 32.2. The molecule has 136 valence electrons. The van der Waals surface area contributed by atoms with E-state index in [-0.39, 0.29) is 12.1 Å². The highest BCUT2D eigenvalue weighted by Gasteiger charge is 2.31. The molecule has 1 atom stereocenters. The predicted octanol–water partition coefficient (Wildman–Crippen LogP) is 2.29. The molecule has 3 rings (SSSR count). The lowest BCUT2D eigenvalue weighted by molar-refractivity contribution is 0.0218. The lowest BCUT2D eigenvalue weighted by Gasteiger charge is -2.40. The second kappa shape index (κ2) is 6.70. The number of piperazine rings is 1. The van der Waals surface area contributed by atoms with Gasteiger partial charge in [0.25, 0.3) is 0 Å². The first-order valence-electron chi connectivity index (χ1n) is 8.29. The molecule has 1 fully saturated rings. The largest absolute Gasteiger partial charge is 0.444 e. The molecule has 8 nitrogen and oxygen atoms in total. The summed E-state index contributed by atoms with van der Waals surface area (Å²) in [5.74, 6) is 0.760. The van der Waals surface area contributed by atoms with Crippen molar-refractivity contribution in [2.75, 3.05) is 30.8 Å². The van der Waals surface area contributed by atoms with E-state index in [1.54, 1.807) is 15.6 Å². The smallest absolute Gasteiger partial charge is 0.410 e. The number of hydrogen-bond donors (Lipinski definition) is 0. The van der Waals surface area contributed by atoms with Gasteiger partial charge in [0.2, 0.25) is 5.95 Å². The third kappa shape index (κ3) is 3.81. The molecule has 0 unspecified atom stereocenters. The Morgan fingerprint density at radius 1 is 1.32 bits per heavy atom. The van der Waals surface area contributed by atoms with Gasteiger partial charge in [0, 0.05) is 31.7 Å². The van der Waals surface area contributed by atoms with Crippen molar-refractivity contribution in [2.45, 2.75) is 44.5 Å². The van der Waals surface area contributed by atoms with Crippen molar-refractivity contribution in [3.8, 4) is 0 Å². The molecule has 1 aliphatic rings. The molecule has 1 saturated heterocycles. The Kier molecular flexibility index (Phi) is 4.77. The van der Waals surface area contributed by atoms with Crippen LogP contribution in [-0.4, -0.2) is 68.1 Å². The number of fused-ring (bicyclic) bond motifs is 1. The second-order valence-corrected chi connectivity index (χ2v) is 7.85. The normalized spacial score (nSPS) is 18.7. The molecule has 1 aliphatic heterocycles. The fourth-order valence-corrected chi connectivity index (χ4v) is 3.17. The first kappa shape index (κ1) is 17.8. The Hall–Kier alpha value is -2.03. The number of hydrogen-bond acceptors (Lipinski definition) is 7. The molecule has 2 aromatic rings. The number of anilines is 1. The van der Waals surface area contributed by atoms with Gasteiger partial charge in [-0.25, -0.2) is 9.78 Å². The molecule has 0 N–H and O–H groups in total. The van der Waals surface area contributed by atoms with Crippen LogP contribution >= 0.6 is 11.8 Å². The van der Waals surface area contributed by atoms with Gasteiger partial charge in [-0.15, -0.1) is 0 Å². The lowest BCUT2D eigenvalue weighted by atomic mass is 10.2. The van der Waals surface area contributed by atoms with Crippen molar-refractivity contribution >= 4 is 29.5 Å². The highest BCUT2D eigenvalue weighted by Crippen LogP contribution is 2.23. The predicted molar refractivity (Wildman–Crippen MR) is 97.2 cm³/mol. The van der Waals surface area contributed by atoms with Gasteiger partial charge in [0.1, 0.15) is 5.60 Å². The minimum atomic E-state index is -0.488. The van der Waals surface area contributed by atoms with Crippen LogP contribution in [-0.2, 0) is 4.74 Å². The molecule has 0 aliphatic carbocycles. The van der Waals surface area contributed by atoms with Crippen LogP contribution in [0.3, 0.4) is 0 Å². The number of rotatable bonds is 2. The summed E-state index contributed by atoms with van der Waals surface area (Å²) in [7, 11) is 0. The fourth-order valence-electron chi connectivity index (χ4n) is 2.82. The summed E-state index contributed by atoms with van der Waals surface area (Å²) in [5, 5.41) is 5.05. The van der Waals surface area contributed by atoms with E-state index in [0.717, 1.165) is 11.6 Å². The molecule has 2 aromatic heterocycles. The highest BCUT2D eigenvalue weighted by molar-refractivity contribution is 7.98. The molecule has 0 saturated carbocycles. The van der Waals surface area contributed by atoms with Crippen LogP contribution in [0.4, 0.5) is 10.7 Å². The number of amides is 1. The van der Waals surface area contributed by atoms with Crippen molar-refractivity contribution < 1.29 is 9.53 Å². The van der Waals surface area contributed by atoms with Crippen molar-refractivity contribution in [3.63, 3.8) is 0 Å². The van der Waals surface area contributed by atoms with Crippen LogP contribution in [0, 0.1) is 0 Å². The monoisotopic (exact) mass is 364 g/mol. The molecule has 0 radical (unpaired) electrons. The van der Waals surface area contributed by atoms with Gasteiger partial charge in [-0.3, -0.25) is 0 Å². The number of carbonyl (C=O) groups excluding carboxylic acids is 1. The van der Waals surface area contributed by atoms with Crippen LogP contribution in [0.5, 0.6) is 0 Å². The molecule has 3 heterocycles. The van der Waals surface area contributed by atoms with Crippen LogP contribution < -0.4 is 4.90 Å². The quantitative estimate of drug-likeness (QED) is 0.757. The zero-order chi connectivity index (χ0) is 18.2. The van der Waals surface area contributed by atoms with E-state index in [1.807, 2.05) is 33.1 Å². The Morgan fingerprint density at radius 2 is 2.08 bits per heavy atom. The number of nitrogens with zero attached hydrogens (tertiary/aromatic N) is 6. The van der Waals surface area contributed by atoms with Crippen molar-refractivity contribution in [1.29, 1.82) is 0 Å². The minimum Gasteiger partial charge on any atom is -0.444 e. The lowest BCUT2D eigenvalue weighted by Crippen LogP contribution is -2.55. The van der Waals surface area contributed by atoms with Gasteiger partial charge in [-0.1, -0.05) is 11.8 Å². The maximum absolute atomic E-state index is 12.3. The van der Waals surface area contributed by atoms with E-state index >= 15 is 0 Å². The van der Waals surface area contributed by atoms with Crippen LogP contribution in [0.1, 0.15) is 27.7 Å². The number of ether oxygens (including phenoxy) is 1. The maximum atomic E-state index is 12.3. The van der Waals surface area contributed by atoms with Gasteiger partial charge in [0.15, 0.2) is 10.8 Å². The van der Waals surface area contributed by atoms with Crippen molar-refractivity contribution in [1.82, 2.24) is 24.5 Å². The Balaban J connectivity index is 1.80. The molecular weight excluding hydrogens is 340 g/mol. The summed E-state index contributed by atoms with van der Waals surface area (Å²) in [6.07, 6.45) is 3.41. The van der Waals surface area contributed by atoms with E-state index in [2.05, 4.69) is 26.9 Å². The average molecular weight is 364 g/mol. The number of aromatic nitrogens is 4. The minimum absolute atomic E-state index is 0.0956. The molecule has 9 heteroatoms. The summed E-state index contributed by atoms with van der Waals surface area (Å²) in [6, 6.07) is 1.96. The van der Waals surface area contributed by atoms with E-state index in [4.69, 9.17) is 4.74 Å². The Labute approximate surface area is 151 Å². The fraction of sp³-hybridized carbons (Fsp3) is 0.625. The van der Waals surface area contributed by atoms with E-state index < -0.39 is 5.60 Å². The number of thioether (sulfide) groups is 1. The van der Waals surface area contributed by atoms with Crippen LogP contribution in [0.15, 0.2) is 17.4 Å². The van der Waals surface area contributed by atoms with Gasteiger partial charge >= 0.3 is 6.09 Å². The van der Waals surface area contributed by atoms with E-state index in [9.17, 15) is 4.79 Å². The Morgan fingerprint density at radius 3 is 2.72 bits per heavy atom. The molecular formula is C16H24N6O2S. The van der Waals surface area contributed by atoms with E-state index in [1.165, 1.54) is 11.8 Å². The number of carbonyl (C=O) groups is 1. The molecule has 0 bridgehead atoms. The first-order valence-corrected chi connectivity index (χ1v) is 9.51. The van der Waals surface area contributed by atoms with Gasteiger partial charge in [0.05, 0.1) is 6.20 Å². The summed E-state index contributed by atoms with van der Waals surface area (Å²) in [5.41, 5.74) is 0.287. The average Bonchev–Trinajstić information content (AvgIpc) is 3.00. The molecule has 0 spiro atoms. The third-order valence-corrected chi connectivity index (χ3v) is 4.48. The molecule has 25 heavy (non-hydrogen) atoms. The summed E-state index contributed by atoms with van der Waals surface area (Å²) >= 11 is 1.50. The van der Waals surface area contributed by atoms with Gasteiger partial charge in [-0.05, 0) is 34.0 Å². The molecule has 0 aromatic carbocycles. The SMILES string of the molecule is CSc1nc(N2CCN(C(=O)OC(C)(C)C)C[C@@H]2C)n2nccc2n1. The standard InChI is InChI=1S/C16H24N6O2S/c1-11-10-20(15(23)24-16(2,3)4)8-9-21(11)14-19-13(25-5)18-12-6-7-17-22(12)14/h6-7,11H,8-10H2,1-5H3/t11-/m0/s1. The topological polar surface area (TPSA) is 75.9 Å². The summed E-state index contributed by atoms with van der Waals surface area (Å²) in [6.45, 7) is 9.54. The van der Waals surface area contributed by atoms with Gasteiger partial charge < -0.3 is 14.5 Å². The van der Waals surface area contributed by atoms with Crippen LogP contribution in [0.25, 0.3) is 5.65 Å². The summed E-state index contributed by atoms with van der Waals surface area (Å²) in [4.78, 5) is 25.3. The maximum Gasteiger partial charge on any atom is 0.410 e. The van der Waals surface area contributed by atoms with Crippen molar-refractivity contribution in [2.24, 2.45) is 0 Å². The second-order valence-electron chi connectivity index (χ2n) is 7.08. The first-order chi connectivity index (χ1) is 11.8. The zero-order valence-corrected chi connectivity index (χ0v) is 16.1.